The molecule has 2 saturated heterocycles. The molecule has 140 valence electrons. The predicted molar refractivity (Wildman–Crippen MR) is 107 cm³/mol. The molecule has 0 saturated carbocycles. The van der Waals surface area contributed by atoms with E-state index in [0.29, 0.717) is 0 Å². The molecule has 1 atom stereocenters. The number of rotatable bonds is 7. The summed E-state index contributed by atoms with van der Waals surface area (Å²) in [5.41, 5.74) is 1.45. The maximum Gasteiger partial charge on any atom is 0.0236 e. The van der Waals surface area contributed by atoms with Gasteiger partial charge in [-0.15, -0.1) is 0 Å². The highest BCUT2D eigenvalue weighted by Crippen LogP contribution is 2.22. The van der Waals surface area contributed by atoms with Crippen LogP contribution in [0.15, 0.2) is 30.3 Å². The van der Waals surface area contributed by atoms with Crippen LogP contribution in [0.25, 0.3) is 0 Å². The number of likely N-dealkylation sites (tertiary alicyclic amines) is 2. The molecule has 3 nitrogen and oxygen atoms in total. The Labute approximate surface area is 155 Å². The van der Waals surface area contributed by atoms with Gasteiger partial charge in [-0.25, -0.2) is 0 Å². The molecular formula is C22H37N3. The van der Waals surface area contributed by atoms with Gasteiger partial charge in [-0.2, -0.15) is 0 Å². The van der Waals surface area contributed by atoms with Crippen molar-refractivity contribution in [1.29, 1.82) is 0 Å². The molecule has 3 heteroatoms. The summed E-state index contributed by atoms with van der Waals surface area (Å²) >= 11 is 0. The third kappa shape index (κ3) is 5.54. The highest BCUT2D eigenvalue weighted by Gasteiger charge is 2.26. The van der Waals surface area contributed by atoms with E-state index in [1.165, 1.54) is 70.5 Å². The van der Waals surface area contributed by atoms with Crippen LogP contribution in [-0.4, -0.2) is 66.6 Å². The normalized spacial score (nSPS) is 24.0. The van der Waals surface area contributed by atoms with E-state index in [4.69, 9.17) is 0 Å². The Morgan fingerprint density at radius 2 is 1.72 bits per heavy atom. The highest BCUT2D eigenvalue weighted by molar-refractivity contribution is 5.14. The summed E-state index contributed by atoms with van der Waals surface area (Å²) in [6, 6.07) is 11.7. The number of hydrogen-bond acceptors (Lipinski definition) is 3. The average molecular weight is 344 g/mol. The molecule has 1 aromatic rings. The third-order valence-corrected chi connectivity index (χ3v) is 6.27. The Hall–Kier alpha value is -0.900. The first-order valence-corrected chi connectivity index (χ1v) is 10.5. The van der Waals surface area contributed by atoms with Gasteiger partial charge >= 0.3 is 0 Å². The molecule has 0 spiro atoms. The van der Waals surface area contributed by atoms with E-state index in [1.807, 2.05) is 0 Å². The molecule has 0 amide bonds. The van der Waals surface area contributed by atoms with Crippen molar-refractivity contribution in [3.63, 3.8) is 0 Å². The quantitative estimate of drug-likeness (QED) is 0.747. The molecule has 1 aromatic carbocycles. The van der Waals surface area contributed by atoms with Gasteiger partial charge in [0.1, 0.15) is 0 Å². The minimum absolute atomic E-state index is 0.764. The molecule has 1 unspecified atom stereocenters. The lowest BCUT2D eigenvalue weighted by Crippen LogP contribution is -2.47. The number of benzene rings is 1. The summed E-state index contributed by atoms with van der Waals surface area (Å²) in [5, 5.41) is 0. The Balaban J connectivity index is 1.44. The van der Waals surface area contributed by atoms with Gasteiger partial charge in [0.25, 0.3) is 0 Å². The monoisotopic (exact) mass is 343 g/mol. The zero-order valence-electron chi connectivity index (χ0n) is 16.4. The summed E-state index contributed by atoms with van der Waals surface area (Å²) < 4.78 is 0. The van der Waals surface area contributed by atoms with Crippen LogP contribution in [0.4, 0.5) is 0 Å². The first-order chi connectivity index (χ1) is 12.3. The SMILES string of the molecule is CCN1CCCC(CN2CCC(N(CC)Cc3ccccc3)CC2)C1. The van der Waals surface area contributed by atoms with Crippen molar-refractivity contribution in [2.24, 2.45) is 5.92 Å². The van der Waals surface area contributed by atoms with E-state index in [0.717, 1.165) is 25.0 Å². The van der Waals surface area contributed by atoms with Gasteiger partial charge in [0.2, 0.25) is 0 Å². The molecule has 0 aliphatic carbocycles. The minimum Gasteiger partial charge on any atom is -0.303 e. The van der Waals surface area contributed by atoms with E-state index >= 15 is 0 Å². The minimum atomic E-state index is 0.764. The van der Waals surface area contributed by atoms with Gasteiger partial charge < -0.3 is 9.80 Å². The highest BCUT2D eigenvalue weighted by atomic mass is 15.2. The van der Waals surface area contributed by atoms with Crippen LogP contribution in [0.5, 0.6) is 0 Å². The summed E-state index contributed by atoms with van der Waals surface area (Å²) in [6.45, 7) is 14.7. The second-order valence-electron chi connectivity index (χ2n) is 7.98. The van der Waals surface area contributed by atoms with Crippen molar-refractivity contribution < 1.29 is 0 Å². The molecule has 0 bridgehead atoms. The second kappa shape index (κ2) is 9.70. The van der Waals surface area contributed by atoms with Gasteiger partial charge in [0.05, 0.1) is 0 Å². The van der Waals surface area contributed by atoms with E-state index in [1.54, 1.807) is 0 Å². The number of hydrogen-bond donors (Lipinski definition) is 0. The van der Waals surface area contributed by atoms with Crippen LogP contribution in [0.3, 0.4) is 0 Å². The second-order valence-corrected chi connectivity index (χ2v) is 7.98. The lowest BCUT2D eigenvalue weighted by molar-refractivity contribution is 0.0811. The molecule has 0 N–H and O–H groups in total. The van der Waals surface area contributed by atoms with E-state index < -0.39 is 0 Å². The molecule has 2 aliphatic heterocycles. The van der Waals surface area contributed by atoms with Gasteiger partial charge in [-0.05, 0) is 69.9 Å². The van der Waals surface area contributed by atoms with E-state index in [-0.39, 0.29) is 0 Å². The maximum atomic E-state index is 2.75. The lowest BCUT2D eigenvalue weighted by atomic mass is 9.95. The Bertz CT molecular complexity index is 481. The number of piperidine rings is 2. The molecule has 3 rings (SSSR count). The van der Waals surface area contributed by atoms with Gasteiger partial charge in [-0.3, -0.25) is 4.90 Å². The topological polar surface area (TPSA) is 9.72 Å². The first-order valence-electron chi connectivity index (χ1n) is 10.5. The van der Waals surface area contributed by atoms with Crippen molar-refractivity contribution >= 4 is 0 Å². The fraction of sp³-hybridized carbons (Fsp3) is 0.727. The van der Waals surface area contributed by atoms with Crippen LogP contribution in [-0.2, 0) is 6.54 Å². The fourth-order valence-corrected chi connectivity index (χ4v) is 4.74. The summed E-state index contributed by atoms with van der Waals surface area (Å²) in [4.78, 5) is 8.07. The predicted octanol–water partition coefficient (Wildman–Crippen LogP) is 3.70. The van der Waals surface area contributed by atoms with Gasteiger partial charge in [-0.1, -0.05) is 44.2 Å². The average Bonchev–Trinajstić information content (AvgIpc) is 2.68. The molecule has 0 radical (unpaired) electrons. The Kier molecular flexibility index (Phi) is 7.33. The standard InChI is InChI=1S/C22H37N3/c1-3-23-14-8-11-21(17-23)18-24-15-12-22(13-16-24)25(4-2)19-20-9-6-5-7-10-20/h5-7,9-10,21-22H,3-4,8,11-19H2,1-2H3. The van der Waals surface area contributed by atoms with Crippen LogP contribution in [0.1, 0.15) is 45.1 Å². The maximum absolute atomic E-state index is 2.75. The summed E-state index contributed by atoms with van der Waals surface area (Å²) in [7, 11) is 0. The van der Waals surface area contributed by atoms with Crippen molar-refractivity contribution in [3.05, 3.63) is 35.9 Å². The largest absolute Gasteiger partial charge is 0.303 e. The Morgan fingerprint density at radius 3 is 2.40 bits per heavy atom. The molecule has 2 aliphatic rings. The van der Waals surface area contributed by atoms with Crippen LogP contribution < -0.4 is 0 Å². The smallest absolute Gasteiger partial charge is 0.0236 e. The molecule has 0 aromatic heterocycles. The molecular weight excluding hydrogens is 306 g/mol. The summed E-state index contributed by atoms with van der Waals surface area (Å²) in [5.74, 6) is 0.900. The number of nitrogens with zero attached hydrogens (tertiary/aromatic N) is 3. The van der Waals surface area contributed by atoms with E-state index in [2.05, 4.69) is 58.9 Å². The summed E-state index contributed by atoms with van der Waals surface area (Å²) in [6.07, 6.45) is 5.51. The van der Waals surface area contributed by atoms with Gasteiger partial charge in [0.15, 0.2) is 0 Å². The third-order valence-electron chi connectivity index (χ3n) is 6.27. The van der Waals surface area contributed by atoms with Crippen LogP contribution in [0.2, 0.25) is 0 Å². The first kappa shape index (κ1) is 18.9. The molecule has 2 fully saturated rings. The zero-order valence-corrected chi connectivity index (χ0v) is 16.4. The zero-order chi connectivity index (χ0) is 17.5. The van der Waals surface area contributed by atoms with Gasteiger partial charge in [0, 0.05) is 25.7 Å². The fourth-order valence-electron chi connectivity index (χ4n) is 4.74. The van der Waals surface area contributed by atoms with Crippen molar-refractivity contribution in [1.82, 2.24) is 14.7 Å². The lowest BCUT2D eigenvalue weighted by Gasteiger charge is -2.41. The Morgan fingerprint density at radius 1 is 0.960 bits per heavy atom. The van der Waals surface area contributed by atoms with Crippen LogP contribution >= 0.6 is 0 Å². The molecule has 25 heavy (non-hydrogen) atoms. The van der Waals surface area contributed by atoms with Crippen molar-refractivity contribution in [3.8, 4) is 0 Å². The van der Waals surface area contributed by atoms with Crippen molar-refractivity contribution in [2.75, 3.05) is 45.8 Å². The molecule has 2 heterocycles. The van der Waals surface area contributed by atoms with Crippen LogP contribution in [0, 0.1) is 5.92 Å². The van der Waals surface area contributed by atoms with E-state index in [9.17, 15) is 0 Å². The van der Waals surface area contributed by atoms with Crippen molar-refractivity contribution in [2.45, 2.75) is 52.1 Å².